The van der Waals surface area contributed by atoms with E-state index in [0.717, 1.165) is 0 Å². The first-order valence-corrected chi connectivity index (χ1v) is 8.08. The Kier molecular flexibility index (Phi) is 6.08. The number of amides is 1. The second kappa shape index (κ2) is 8.26. The first-order valence-electron chi connectivity index (χ1n) is 7.20. The van der Waals surface area contributed by atoms with E-state index in [1.54, 1.807) is 41.8 Å². The van der Waals surface area contributed by atoms with Crippen molar-refractivity contribution < 1.29 is 23.9 Å². The molecule has 0 bridgehead atoms. The predicted octanol–water partition coefficient (Wildman–Crippen LogP) is 2.30. The lowest BCUT2D eigenvalue weighted by molar-refractivity contribution is -0.145. The molecule has 0 unspecified atom stereocenters. The van der Waals surface area contributed by atoms with Crippen LogP contribution in [-0.4, -0.2) is 37.4 Å². The number of ether oxygens (including phenoxy) is 2. The minimum Gasteiger partial charge on any atom is -0.497 e. The van der Waals surface area contributed by atoms with Gasteiger partial charge in [0.2, 0.25) is 5.78 Å². The van der Waals surface area contributed by atoms with Crippen LogP contribution in [0.1, 0.15) is 27.0 Å². The fourth-order valence-corrected chi connectivity index (χ4v) is 2.57. The highest BCUT2D eigenvalue weighted by Crippen LogP contribution is 2.14. The van der Waals surface area contributed by atoms with E-state index in [1.165, 1.54) is 25.4 Å². The Bertz CT molecular complexity index is 709. The fourth-order valence-electron chi connectivity index (χ4n) is 1.93. The van der Waals surface area contributed by atoms with Gasteiger partial charge in [0.25, 0.3) is 5.91 Å². The number of ketones is 1. The normalized spacial score (nSPS) is 11.4. The van der Waals surface area contributed by atoms with Crippen LogP contribution in [0, 0.1) is 0 Å². The lowest BCUT2D eigenvalue weighted by Crippen LogP contribution is -2.33. The van der Waals surface area contributed by atoms with Crippen molar-refractivity contribution in [3.8, 4) is 5.75 Å². The zero-order valence-corrected chi connectivity index (χ0v) is 14.1. The van der Waals surface area contributed by atoms with Crippen LogP contribution in [0.4, 0.5) is 0 Å². The first kappa shape index (κ1) is 17.7. The molecule has 126 valence electrons. The van der Waals surface area contributed by atoms with E-state index in [0.29, 0.717) is 16.2 Å². The van der Waals surface area contributed by atoms with Crippen molar-refractivity contribution >= 4 is 29.0 Å². The Morgan fingerprint density at radius 1 is 1.17 bits per heavy atom. The van der Waals surface area contributed by atoms with Gasteiger partial charge in [0.05, 0.1) is 12.0 Å². The third-order valence-corrected chi connectivity index (χ3v) is 4.06. The van der Waals surface area contributed by atoms with Gasteiger partial charge in [-0.15, -0.1) is 11.3 Å². The molecule has 0 spiro atoms. The average molecular weight is 347 g/mol. The highest BCUT2D eigenvalue weighted by Gasteiger charge is 2.20. The van der Waals surface area contributed by atoms with E-state index < -0.39 is 12.1 Å². The van der Waals surface area contributed by atoms with E-state index in [-0.39, 0.29) is 18.2 Å². The molecule has 24 heavy (non-hydrogen) atoms. The van der Waals surface area contributed by atoms with Gasteiger partial charge in [0, 0.05) is 5.56 Å². The Morgan fingerprint density at radius 2 is 1.88 bits per heavy atom. The van der Waals surface area contributed by atoms with Gasteiger partial charge in [-0.3, -0.25) is 14.4 Å². The lowest BCUT2D eigenvalue weighted by atomic mass is 10.1. The maximum Gasteiger partial charge on any atom is 0.326 e. The maximum atomic E-state index is 12.2. The number of methoxy groups -OCH3 is 1. The Hall–Kier alpha value is -2.67. The Balaban J connectivity index is 1.83. The first-order chi connectivity index (χ1) is 11.5. The molecule has 0 saturated heterocycles. The highest BCUT2D eigenvalue weighted by atomic mass is 32.1. The Labute approximate surface area is 143 Å². The number of hydrogen-bond acceptors (Lipinski definition) is 6. The lowest BCUT2D eigenvalue weighted by Gasteiger charge is -2.13. The molecule has 0 aliphatic carbocycles. The van der Waals surface area contributed by atoms with Crippen molar-refractivity contribution in [3.63, 3.8) is 0 Å². The van der Waals surface area contributed by atoms with Crippen LogP contribution in [-0.2, 0) is 9.53 Å². The van der Waals surface area contributed by atoms with Crippen LogP contribution in [0.5, 0.6) is 5.75 Å². The van der Waals surface area contributed by atoms with Crippen LogP contribution in [0.2, 0.25) is 0 Å². The third kappa shape index (κ3) is 4.66. The van der Waals surface area contributed by atoms with Gasteiger partial charge >= 0.3 is 5.97 Å². The number of hydrogen-bond donors (Lipinski definition) is 1. The number of Topliss-reactive ketones (excluding diaryl/α,β-unsaturated/α-hetero) is 1. The minimum absolute atomic E-state index is 0.295. The summed E-state index contributed by atoms with van der Waals surface area (Å²) in [6, 6.07) is 9.91. The molecule has 0 aliphatic heterocycles. The molecule has 1 aromatic carbocycles. The molecule has 1 aromatic heterocycles. The third-order valence-electron chi connectivity index (χ3n) is 3.19. The molecule has 1 amide bonds. The zero-order valence-electron chi connectivity index (χ0n) is 13.3. The molecule has 6 nitrogen and oxygen atoms in total. The molecule has 0 saturated carbocycles. The van der Waals surface area contributed by atoms with Crippen molar-refractivity contribution in [2.24, 2.45) is 0 Å². The largest absolute Gasteiger partial charge is 0.497 e. The van der Waals surface area contributed by atoms with E-state index in [2.05, 4.69) is 5.32 Å². The van der Waals surface area contributed by atoms with Crippen LogP contribution >= 0.6 is 11.3 Å². The van der Waals surface area contributed by atoms with Crippen LogP contribution < -0.4 is 10.1 Å². The quantitative estimate of drug-likeness (QED) is 0.614. The molecule has 0 fully saturated rings. The summed E-state index contributed by atoms with van der Waals surface area (Å²) < 4.78 is 10.1. The molecule has 1 heterocycles. The standard InChI is InChI=1S/C17H17NO5S/c1-11(16(20)12-5-7-13(22-2)8-6-12)23-15(19)10-18-17(21)14-4-3-9-24-14/h3-9,11H,10H2,1-2H3,(H,18,21)/t11-/m0/s1. The second-order valence-corrected chi connectivity index (χ2v) is 5.83. The summed E-state index contributed by atoms with van der Waals surface area (Å²) in [4.78, 5) is 36.2. The number of carbonyl (C=O) groups excluding carboxylic acids is 3. The van der Waals surface area contributed by atoms with Crippen molar-refractivity contribution in [2.75, 3.05) is 13.7 Å². The van der Waals surface area contributed by atoms with Gasteiger partial charge in [0.15, 0.2) is 6.10 Å². The van der Waals surface area contributed by atoms with Gasteiger partial charge in [-0.2, -0.15) is 0 Å². The van der Waals surface area contributed by atoms with E-state index in [1.807, 2.05) is 0 Å². The molecule has 2 rings (SSSR count). The second-order valence-electron chi connectivity index (χ2n) is 4.88. The molecule has 0 aliphatic rings. The number of benzene rings is 1. The smallest absolute Gasteiger partial charge is 0.326 e. The molecule has 7 heteroatoms. The molecular formula is C17H17NO5S. The minimum atomic E-state index is -0.940. The molecule has 2 aromatic rings. The highest BCUT2D eigenvalue weighted by molar-refractivity contribution is 7.12. The topological polar surface area (TPSA) is 81.7 Å². The van der Waals surface area contributed by atoms with Gasteiger partial charge in [-0.05, 0) is 42.6 Å². The summed E-state index contributed by atoms with van der Waals surface area (Å²) >= 11 is 1.27. The molecule has 0 radical (unpaired) electrons. The van der Waals surface area contributed by atoms with Gasteiger partial charge in [-0.25, -0.2) is 0 Å². The monoisotopic (exact) mass is 347 g/mol. The van der Waals surface area contributed by atoms with E-state index in [9.17, 15) is 14.4 Å². The summed E-state index contributed by atoms with van der Waals surface area (Å²) in [7, 11) is 1.53. The number of thiophene rings is 1. The zero-order chi connectivity index (χ0) is 17.5. The number of carbonyl (C=O) groups is 3. The molecule has 1 N–H and O–H groups in total. The summed E-state index contributed by atoms with van der Waals surface area (Å²) in [6.07, 6.45) is -0.940. The average Bonchev–Trinajstić information content (AvgIpc) is 3.13. The van der Waals surface area contributed by atoms with Gasteiger partial charge in [0.1, 0.15) is 12.3 Å². The summed E-state index contributed by atoms with van der Waals surface area (Å²) in [5.41, 5.74) is 0.415. The van der Waals surface area contributed by atoms with Gasteiger partial charge < -0.3 is 14.8 Å². The van der Waals surface area contributed by atoms with Crippen LogP contribution in [0.15, 0.2) is 41.8 Å². The summed E-state index contributed by atoms with van der Waals surface area (Å²) in [5.74, 6) is -0.714. The predicted molar refractivity (Wildman–Crippen MR) is 89.5 cm³/mol. The van der Waals surface area contributed by atoms with Crippen molar-refractivity contribution in [3.05, 3.63) is 52.2 Å². The fraction of sp³-hybridized carbons (Fsp3) is 0.235. The van der Waals surface area contributed by atoms with Crippen molar-refractivity contribution in [2.45, 2.75) is 13.0 Å². The SMILES string of the molecule is COc1ccc(C(=O)[C@H](C)OC(=O)CNC(=O)c2cccs2)cc1. The number of rotatable bonds is 7. The van der Waals surface area contributed by atoms with Crippen LogP contribution in [0.3, 0.4) is 0 Å². The Morgan fingerprint density at radius 3 is 2.46 bits per heavy atom. The molecule has 1 atom stereocenters. The number of esters is 1. The van der Waals surface area contributed by atoms with Crippen molar-refractivity contribution in [1.82, 2.24) is 5.32 Å². The van der Waals surface area contributed by atoms with E-state index >= 15 is 0 Å². The van der Waals surface area contributed by atoms with Crippen molar-refractivity contribution in [1.29, 1.82) is 0 Å². The summed E-state index contributed by atoms with van der Waals surface area (Å²) in [5, 5.41) is 4.22. The van der Waals surface area contributed by atoms with Crippen LogP contribution in [0.25, 0.3) is 0 Å². The van der Waals surface area contributed by atoms with Gasteiger partial charge in [-0.1, -0.05) is 6.07 Å². The maximum absolute atomic E-state index is 12.2. The number of nitrogens with one attached hydrogen (secondary N) is 1. The summed E-state index contributed by atoms with van der Waals surface area (Å²) in [6.45, 7) is 1.20. The van der Waals surface area contributed by atoms with E-state index in [4.69, 9.17) is 9.47 Å². The molecular weight excluding hydrogens is 330 g/mol.